The van der Waals surface area contributed by atoms with Crippen molar-refractivity contribution in [2.24, 2.45) is 0 Å². The third-order valence-electron chi connectivity index (χ3n) is 3.53. The van der Waals surface area contributed by atoms with E-state index in [1.807, 2.05) is 0 Å². The van der Waals surface area contributed by atoms with Crippen LogP contribution in [0.25, 0.3) is 11.5 Å². The van der Waals surface area contributed by atoms with Crippen molar-refractivity contribution in [1.82, 2.24) is 15.5 Å². The molecule has 0 aliphatic rings. The van der Waals surface area contributed by atoms with E-state index in [4.69, 9.17) is 9.15 Å². The zero-order valence-electron chi connectivity index (χ0n) is 13.9. The summed E-state index contributed by atoms with van der Waals surface area (Å²) in [6.45, 7) is 0.280. The van der Waals surface area contributed by atoms with E-state index >= 15 is 0 Å². The van der Waals surface area contributed by atoms with Crippen molar-refractivity contribution in [3.63, 3.8) is 0 Å². The van der Waals surface area contributed by atoms with E-state index in [2.05, 4.69) is 15.5 Å². The first-order valence-corrected chi connectivity index (χ1v) is 7.89. The van der Waals surface area contributed by atoms with Crippen molar-refractivity contribution in [2.45, 2.75) is 6.18 Å². The molecule has 0 bridgehead atoms. The van der Waals surface area contributed by atoms with E-state index in [1.165, 1.54) is 6.26 Å². The second kappa shape index (κ2) is 7.90. The minimum Gasteiger partial charge on any atom is -0.475 e. The summed E-state index contributed by atoms with van der Waals surface area (Å²) in [5, 5.41) is 10.4. The normalized spacial score (nSPS) is 11.2. The van der Waals surface area contributed by atoms with Gasteiger partial charge in [-0.25, -0.2) is 0 Å². The summed E-state index contributed by atoms with van der Waals surface area (Å²) in [6, 6.07) is 10.8. The highest BCUT2D eigenvalue weighted by atomic mass is 19.4. The first-order valence-electron chi connectivity index (χ1n) is 7.89. The Bertz CT molecular complexity index is 877. The Labute approximate surface area is 152 Å². The van der Waals surface area contributed by atoms with Crippen LogP contribution in [0.2, 0.25) is 0 Å². The van der Waals surface area contributed by atoms with Crippen LogP contribution in [0.1, 0.15) is 15.9 Å². The number of aromatic nitrogens is 2. The number of carbonyl (C=O) groups excluding carboxylic acids is 1. The van der Waals surface area contributed by atoms with Crippen LogP contribution in [0.15, 0.2) is 59.2 Å². The fourth-order valence-corrected chi connectivity index (χ4v) is 2.19. The molecule has 9 heteroatoms. The number of alkyl halides is 3. The summed E-state index contributed by atoms with van der Waals surface area (Å²) in [6.07, 6.45) is -2.91. The number of ether oxygens (including phenoxy) is 1. The van der Waals surface area contributed by atoms with Gasteiger partial charge in [0.05, 0.1) is 18.4 Å². The summed E-state index contributed by atoms with van der Waals surface area (Å²) in [7, 11) is 0. The first kappa shape index (κ1) is 18.4. The maximum atomic E-state index is 12.5. The molecule has 6 nitrogen and oxygen atoms in total. The molecule has 2 aromatic heterocycles. The van der Waals surface area contributed by atoms with Gasteiger partial charge < -0.3 is 14.5 Å². The molecule has 0 atom stereocenters. The standard InChI is InChI=1S/C18H14F3N3O3/c19-18(20,21)13-5-3-12(4-6-13)17(25)22-9-11-27-16-8-7-14(23-24-16)15-2-1-10-26-15/h1-8,10H,9,11H2,(H,22,25). The molecule has 0 aliphatic heterocycles. The van der Waals surface area contributed by atoms with Gasteiger partial charge in [0.2, 0.25) is 5.88 Å². The molecule has 0 saturated carbocycles. The van der Waals surface area contributed by atoms with Crippen molar-refractivity contribution in [1.29, 1.82) is 0 Å². The third-order valence-corrected chi connectivity index (χ3v) is 3.53. The van der Waals surface area contributed by atoms with Gasteiger partial charge in [0.1, 0.15) is 12.3 Å². The lowest BCUT2D eigenvalue weighted by Crippen LogP contribution is -2.28. The molecule has 0 unspecified atom stereocenters. The van der Waals surface area contributed by atoms with Crippen molar-refractivity contribution in [2.75, 3.05) is 13.2 Å². The summed E-state index contributed by atoms with van der Waals surface area (Å²) >= 11 is 0. The number of halogens is 3. The lowest BCUT2D eigenvalue weighted by molar-refractivity contribution is -0.137. The van der Waals surface area contributed by atoms with Gasteiger partial charge in [0.25, 0.3) is 5.91 Å². The number of rotatable bonds is 6. The number of carbonyl (C=O) groups is 1. The third kappa shape index (κ3) is 4.84. The first-order chi connectivity index (χ1) is 12.9. The van der Waals surface area contributed by atoms with Crippen LogP contribution in [0.4, 0.5) is 13.2 Å². The Morgan fingerprint density at radius 2 is 1.85 bits per heavy atom. The maximum Gasteiger partial charge on any atom is 0.416 e. The van der Waals surface area contributed by atoms with E-state index in [-0.39, 0.29) is 24.6 Å². The van der Waals surface area contributed by atoms with E-state index in [0.29, 0.717) is 11.5 Å². The monoisotopic (exact) mass is 377 g/mol. The average molecular weight is 377 g/mol. The molecule has 1 aromatic carbocycles. The molecule has 0 saturated heterocycles. The van der Waals surface area contributed by atoms with Crippen LogP contribution in [0.3, 0.4) is 0 Å². The molecule has 0 fully saturated rings. The van der Waals surface area contributed by atoms with Crippen molar-refractivity contribution in [3.05, 3.63) is 65.9 Å². The SMILES string of the molecule is O=C(NCCOc1ccc(-c2ccco2)nn1)c1ccc(C(F)(F)F)cc1. The number of hydrogen-bond acceptors (Lipinski definition) is 5. The molecule has 1 N–H and O–H groups in total. The molecule has 0 radical (unpaired) electrons. The zero-order valence-corrected chi connectivity index (χ0v) is 13.9. The van der Waals surface area contributed by atoms with E-state index in [1.54, 1.807) is 24.3 Å². The van der Waals surface area contributed by atoms with E-state index in [9.17, 15) is 18.0 Å². The Morgan fingerprint density at radius 1 is 1.07 bits per heavy atom. The van der Waals surface area contributed by atoms with Crippen molar-refractivity contribution < 1.29 is 27.1 Å². The molecular formula is C18H14F3N3O3. The van der Waals surface area contributed by atoms with Gasteiger partial charge in [0.15, 0.2) is 5.76 Å². The predicted molar refractivity (Wildman–Crippen MR) is 89.0 cm³/mol. The number of amides is 1. The Morgan fingerprint density at radius 3 is 2.44 bits per heavy atom. The lowest BCUT2D eigenvalue weighted by atomic mass is 10.1. The number of nitrogens with zero attached hydrogens (tertiary/aromatic N) is 2. The Hall–Kier alpha value is -3.36. The maximum absolute atomic E-state index is 12.5. The minimum absolute atomic E-state index is 0.126. The average Bonchev–Trinajstić information content (AvgIpc) is 3.20. The second-order valence-electron chi connectivity index (χ2n) is 5.41. The Balaban J connectivity index is 1.45. The predicted octanol–water partition coefficient (Wildman–Crippen LogP) is 3.56. The van der Waals surface area contributed by atoms with Crippen molar-refractivity contribution in [3.8, 4) is 17.3 Å². The van der Waals surface area contributed by atoms with Crippen LogP contribution >= 0.6 is 0 Å². The number of nitrogens with one attached hydrogen (secondary N) is 1. The highest BCUT2D eigenvalue weighted by molar-refractivity contribution is 5.94. The lowest BCUT2D eigenvalue weighted by Gasteiger charge is -2.09. The van der Waals surface area contributed by atoms with Crippen LogP contribution in [0, 0.1) is 0 Å². The zero-order chi connectivity index (χ0) is 19.3. The van der Waals surface area contributed by atoms with Gasteiger partial charge in [-0.3, -0.25) is 4.79 Å². The molecule has 3 rings (SSSR count). The highest BCUT2D eigenvalue weighted by Gasteiger charge is 2.30. The fraction of sp³-hybridized carbons (Fsp3) is 0.167. The molecular weight excluding hydrogens is 363 g/mol. The molecule has 0 aliphatic carbocycles. The molecule has 2 heterocycles. The van der Waals surface area contributed by atoms with E-state index < -0.39 is 17.6 Å². The molecule has 3 aromatic rings. The number of furan rings is 1. The topological polar surface area (TPSA) is 77.2 Å². The molecule has 27 heavy (non-hydrogen) atoms. The summed E-state index contributed by atoms with van der Waals surface area (Å²) in [5.41, 5.74) is -0.118. The smallest absolute Gasteiger partial charge is 0.416 e. The van der Waals surface area contributed by atoms with Crippen molar-refractivity contribution >= 4 is 5.91 Å². The molecule has 0 spiro atoms. The quantitative estimate of drug-likeness (QED) is 0.665. The van der Waals surface area contributed by atoms with Crippen LogP contribution in [0.5, 0.6) is 5.88 Å². The van der Waals surface area contributed by atoms with Gasteiger partial charge in [-0.2, -0.15) is 13.2 Å². The summed E-state index contributed by atoms with van der Waals surface area (Å²) in [4.78, 5) is 11.9. The minimum atomic E-state index is -4.43. The van der Waals surface area contributed by atoms with Crippen LogP contribution in [-0.2, 0) is 6.18 Å². The molecule has 1 amide bonds. The fourth-order valence-electron chi connectivity index (χ4n) is 2.19. The van der Waals surface area contributed by atoms with Crippen LogP contribution < -0.4 is 10.1 Å². The summed E-state index contributed by atoms with van der Waals surface area (Å²) in [5.74, 6) is 0.360. The van der Waals surface area contributed by atoms with Gasteiger partial charge in [0, 0.05) is 11.6 Å². The van der Waals surface area contributed by atoms with Gasteiger partial charge in [-0.1, -0.05) is 0 Å². The summed E-state index contributed by atoms with van der Waals surface area (Å²) < 4.78 is 48.1. The number of hydrogen-bond donors (Lipinski definition) is 1. The largest absolute Gasteiger partial charge is 0.475 e. The van der Waals surface area contributed by atoms with E-state index in [0.717, 1.165) is 24.3 Å². The van der Waals surface area contributed by atoms with Gasteiger partial charge in [-0.15, -0.1) is 10.2 Å². The number of benzene rings is 1. The Kier molecular flexibility index (Phi) is 5.39. The van der Waals surface area contributed by atoms with Gasteiger partial charge in [-0.05, 0) is 42.5 Å². The van der Waals surface area contributed by atoms with Gasteiger partial charge >= 0.3 is 6.18 Å². The second-order valence-corrected chi connectivity index (χ2v) is 5.41. The van der Waals surface area contributed by atoms with Crippen LogP contribution in [-0.4, -0.2) is 29.3 Å². The molecule has 140 valence electrons. The highest BCUT2D eigenvalue weighted by Crippen LogP contribution is 2.29.